The van der Waals surface area contributed by atoms with Crippen LogP contribution in [0, 0.1) is 5.92 Å². The van der Waals surface area contributed by atoms with Crippen LogP contribution in [0.1, 0.15) is 36.8 Å². The molecular formula is C17H25NO3S. The molecule has 1 aromatic carbocycles. The second-order valence-electron chi connectivity index (χ2n) is 6.48. The van der Waals surface area contributed by atoms with Crippen molar-refractivity contribution in [1.29, 1.82) is 0 Å². The van der Waals surface area contributed by atoms with E-state index in [1.807, 2.05) is 12.1 Å². The van der Waals surface area contributed by atoms with E-state index in [4.69, 9.17) is 4.74 Å². The van der Waals surface area contributed by atoms with Crippen molar-refractivity contribution in [2.24, 2.45) is 5.92 Å². The van der Waals surface area contributed by atoms with Crippen molar-refractivity contribution in [3.63, 3.8) is 0 Å². The summed E-state index contributed by atoms with van der Waals surface area (Å²) < 4.78 is 32.4. The normalized spacial score (nSPS) is 20.1. The molecule has 1 aromatic rings. The minimum atomic E-state index is -3.38. The molecule has 122 valence electrons. The van der Waals surface area contributed by atoms with E-state index in [1.165, 1.54) is 21.9 Å². The molecule has 0 spiro atoms. The van der Waals surface area contributed by atoms with E-state index in [9.17, 15) is 8.42 Å². The van der Waals surface area contributed by atoms with E-state index >= 15 is 0 Å². The highest BCUT2D eigenvalue weighted by molar-refractivity contribution is 7.89. The first kappa shape index (κ1) is 16.0. The fourth-order valence-electron chi connectivity index (χ4n) is 3.44. The summed E-state index contributed by atoms with van der Waals surface area (Å²) in [6.07, 6.45) is 6.35. The third-order valence-corrected chi connectivity index (χ3v) is 6.70. The smallest absolute Gasteiger partial charge is 0.242 e. The Balaban J connectivity index is 1.76. The van der Waals surface area contributed by atoms with E-state index in [0.717, 1.165) is 45.3 Å². The van der Waals surface area contributed by atoms with Crippen molar-refractivity contribution in [3.05, 3.63) is 29.3 Å². The van der Waals surface area contributed by atoms with E-state index in [1.54, 1.807) is 13.1 Å². The third kappa shape index (κ3) is 3.36. The van der Waals surface area contributed by atoms with Crippen LogP contribution < -0.4 is 0 Å². The van der Waals surface area contributed by atoms with E-state index < -0.39 is 10.0 Å². The molecule has 1 aliphatic heterocycles. The van der Waals surface area contributed by atoms with Gasteiger partial charge in [0.25, 0.3) is 0 Å². The Hall–Kier alpha value is -0.910. The van der Waals surface area contributed by atoms with E-state index in [0.29, 0.717) is 17.4 Å². The van der Waals surface area contributed by atoms with Gasteiger partial charge in [-0.1, -0.05) is 6.07 Å². The Morgan fingerprint density at radius 1 is 1.14 bits per heavy atom. The second-order valence-corrected chi connectivity index (χ2v) is 8.52. The molecular weight excluding hydrogens is 298 g/mol. The van der Waals surface area contributed by atoms with E-state index in [-0.39, 0.29) is 0 Å². The third-order valence-electron chi connectivity index (χ3n) is 4.88. The number of sulfonamides is 1. The molecule has 0 saturated carbocycles. The van der Waals surface area contributed by atoms with Crippen LogP contribution in [0.5, 0.6) is 0 Å². The second kappa shape index (κ2) is 6.69. The fraction of sp³-hybridized carbons (Fsp3) is 0.647. The van der Waals surface area contributed by atoms with Gasteiger partial charge in [0.15, 0.2) is 0 Å². The molecule has 0 amide bonds. The largest absolute Gasteiger partial charge is 0.381 e. The molecule has 0 radical (unpaired) electrons. The Bertz CT molecular complexity index is 621. The van der Waals surface area contributed by atoms with Gasteiger partial charge in [-0.25, -0.2) is 12.7 Å². The van der Waals surface area contributed by atoms with Crippen LogP contribution in [0.15, 0.2) is 23.1 Å². The Morgan fingerprint density at radius 3 is 2.55 bits per heavy atom. The fourth-order valence-corrected chi connectivity index (χ4v) is 4.74. The number of fused-ring (bicyclic) bond motifs is 1. The number of hydrogen-bond acceptors (Lipinski definition) is 3. The number of aryl methyl sites for hydroxylation is 2. The molecule has 2 aliphatic rings. The predicted octanol–water partition coefficient (Wildman–Crippen LogP) is 2.61. The zero-order valence-electron chi connectivity index (χ0n) is 13.3. The average molecular weight is 323 g/mol. The average Bonchev–Trinajstić information content (AvgIpc) is 2.55. The van der Waals surface area contributed by atoms with Crippen LogP contribution in [0.25, 0.3) is 0 Å². The summed E-state index contributed by atoms with van der Waals surface area (Å²) in [6.45, 7) is 2.08. The molecule has 22 heavy (non-hydrogen) atoms. The molecule has 0 bridgehead atoms. The molecule has 0 unspecified atom stereocenters. The zero-order chi connectivity index (χ0) is 15.6. The lowest BCUT2D eigenvalue weighted by Gasteiger charge is -2.27. The van der Waals surface area contributed by atoms with Gasteiger partial charge in [-0.3, -0.25) is 0 Å². The molecule has 4 nitrogen and oxygen atoms in total. The van der Waals surface area contributed by atoms with Gasteiger partial charge in [0.2, 0.25) is 10.0 Å². The van der Waals surface area contributed by atoms with Crippen molar-refractivity contribution in [3.8, 4) is 0 Å². The first-order valence-electron chi connectivity index (χ1n) is 8.23. The summed E-state index contributed by atoms with van der Waals surface area (Å²) in [5.74, 6) is 0.408. The number of hydrogen-bond donors (Lipinski definition) is 0. The maximum Gasteiger partial charge on any atom is 0.242 e. The monoisotopic (exact) mass is 323 g/mol. The van der Waals surface area contributed by atoms with Gasteiger partial charge in [-0.05, 0) is 67.7 Å². The van der Waals surface area contributed by atoms with Gasteiger partial charge in [0.1, 0.15) is 0 Å². The minimum Gasteiger partial charge on any atom is -0.381 e. The van der Waals surface area contributed by atoms with Crippen LogP contribution >= 0.6 is 0 Å². The van der Waals surface area contributed by atoms with Crippen molar-refractivity contribution in [2.45, 2.75) is 43.4 Å². The van der Waals surface area contributed by atoms with Gasteiger partial charge < -0.3 is 4.74 Å². The SMILES string of the molecule is CN(CC1CCOCC1)S(=O)(=O)c1ccc2c(c1)CCCC2. The maximum atomic E-state index is 12.8. The molecule has 1 aliphatic carbocycles. The molecule has 0 N–H and O–H groups in total. The van der Waals surface area contributed by atoms with Gasteiger partial charge >= 0.3 is 0 Å². The first-order chi connectivity index (χ1) is 10.6. The summed E-state index contributed by atoms with van der Waals surface area (Å²) in [6, 6.07) is 5.67. The van der Waals surface area contributed by atoms with Gasteiger partial charge in [-0.15, -0.1) is 0 Å². The Labute approximate surface area is 133 Å². The van der Waals surface area contributed by atoms with Crippen molar-refractivity contribution in [2.75, 3.05) is 26.8 Å². The lowest BCUT2D eigenvalue weighted by Crippen LogP contribution is -2.34. The molecule has 5 heteroatoms. The quantitative estimate of drug-likeness (QED) is 0.856. The van der Waals surface area contributed by atoms with Crippen LogP contribution in [0.2, 0.25) is 0 Å². The van der Waals surface area contributed by atoms with Crippen LogP contribution in [-0.4, -0.2) is 39.5 Å². The predicted molar refractivity (Wildman–Crippen MR) is 86.4 cm³/mol. The number of ether oxygens (including phenoxy) is 1. The lowest BCUT2D eigenvalue weighted by atomic mass is 9.92. The minimum absolute atomic E-state index is 0.408. The van der Waals surface area contributed by atoms with E-state index in [2.05, 4.69) is 0 Å². The van der Waals surface area contributed by atoms with Crippen LogP contribution in [0.3, 0.4) is 0 Å². The highest BCUT2D eigenvalue weighted by atomic mass is 32.2. The summed E-state index contributed by atoms with van der Waals surface area (Å²) in [4.78, 5) is 0.447. The standard InChI is InChI=1S/C17H25NO3S/c1-18(13-14-8-10-21-11-9-14)22(19,20)17-7-6-15-4-2-3-5-16(15)12-17/h6-7,12,14H,2-5,8-11,13H2,1H3. The van der Waals surface area contributed by atoms with Gasteiger partial charge in [0, 0.05) is 26.8 Å². The number of rotatable bonds is 4. The summed E-state index contributed by atoms with van der Waals surface area (Å²) >= 11 is 0. The zero-order valence-corrected chi connectivity index (χ0v) is 14.1. The molecule has 0 atom stereocenters. The number of nitrogens with zero attached hydrogens (tertiary/aromatic N) is 1. The van der Waals surface area contributed by atoms with Gasteiger partial charge in [0.05, 0.1) is 4.90 Å². The maximum absolute atomic E-state index is 12.8. The summed E-state index contributed by atoms with van der Waals surface area (Å²) in [5.41, 5.74) is 2.53. The number of benzene rings is 1. The van der Waals surface area contributed by atoms with Crippen LogP contribution in [0.4, 0.5) is 0 Å². The molecule has 1 heterocycles. The van der Waals surface area contributed by atoms with Crippen molar-refractivity contribution >= 4 is 10.0 Å². The Morgan fingerprint density at radius 2 is 1.82 bits per heavy atom. The highest BCUT2D eigenvalue weighted by Gasteiger charge is 2.26. The first-order valence-corrected chi connectivity index (χ1v) is 9.67. The molecule has 1 fully saturated rings. The van der Waals surface area contributed by atoms with Crippen molar-refractivity contribution in [1.82, 2.24) is 4.31 Å². The Kier molecular flexibility index (Phi) is 4.85. The van der Waals surface area contributed by atoms with Gasteiger partial charge in [-0.2, -0.15) is 0 Å². The lowest BCUT2D eigenvalue weighted by molar-refractivity contribution is 0.0620. The molecule has 1 saturated heterocycles. The summed E-state index contributed by atoms with van der Waals surface area (Å²) in [5, 5.41) is 0. The molecule has 3 rings (SSSR count). The highest BCUT2D eigenvalue weighted by Crippen LogP contribution is 2.26. The van der Waals surface area contributed by atoms with Crippen LogP contribution in [-0.2, 0) is 27.6 Å². The summed E-state index contributed by atoms with van der Waals surface area (Å²) in [7, 11) is -1.68. The topological polar surface area (TPSA) is 46.6 Å². The van der Waals surface area contributed by atoms with Crippen molar-refractivity contribution < 1.29 is 13.2 Å². The molecule has 0 aromatic heterocycles.